The summed E-state index contributed by atoms with van der Waals surface area (Å²) in [5.74, 6) is 0.641. The quantitative estimate of drug-likeness (QED) is 0.481. The van der Waals surface area contributed by atoms with E-state index in [4.69, 9.17) is 5.73 Å². The number of carbonyl (C=O) groups excluding carboxylic acids is 1. The Balaban J connectivity index is 1.63. The van der Waals surface area contributed by atoms with Crippen molar-refractivity contribution in [3.05, 3.63) is 35.4 Å². The topological polar surface area (TPSA) is 58.4 Å². The van der Waals surface area contributed by atoms with Gasteiger partial charge in [-0.05, 0) is 89.8 Å². The van der Waals surface area contributed by atoms with Crippen LogP contribution in [-0.4, -0.2) is 32.2 Å². The van der Waals surface area contributed by atoms with Crippen molar-refractivity contribution in [3.8, 4) is 0 Å². The zero-order chi connectivity index (χ0) is 19.8. The predicted molar refractivity (Wildman–Crippen MR) is 120 cm³/mol. The summed E-state index contributed by atoms with van der Waals surface area (Å²) in [5, 5.41) is 3.29. The highest BCUT2D eigenvalue weighted by Gasteiger charge is 2.44. The molecule has 0 spiro atoms. The van der Waals surface area contributed by atoms with E-state index in [0.717, 1.165) is 44.1 Å². The highest BCUT2D eigenvalue weighted by Crippen LogP contribution is 2.41. The molecule has 3 N–H and O–H groups in total. The maximum Gasteiger partial charge on any atom is 0.251 e. The van der Waals surface area contributed by atoms with Crippen LogP contribution in [0.1, 0.15) is 88.1 Å². The molecule has 1 saturated heterocycles. The third kappa shape index (κ3) is 4.85. The highest BCUT2D eigenvalue weighted by atomic mass is 127. The minimum Gasteiger partial charge on any atom is -0.349 e. The number of nitrogens with zero attached hydrogens (tertiary/aromatic N) is 1. The zero-order valence-electron chi connectivity index (χ0n) is 17.1. The number of amides is 1. The van der Waals surface area contributed by atoms with E-state index in [9.17, 15) is 4.79 Å². The van der Waals surface area contributed by atoms with Crippen molar-refractivity contribution in [2.45, 2.75) is 95.3 Å². The van der Waals surface area contributed by atoms with Crippen molar-refractivity contribution in [1.82, 2.24) is 8.43 Å². The van der Waals surface area contributed by atoms with Crippen LogP contribution in [0.5, 0.6) is 0 Å². The van der Waals surface area contributed by atoms with Gasteiger partial charge in [-0.3, -0.25) is 4.79 Å². The van der Waals surface area contributed by atoms with Gasteiger partial charge in [-0.25, -0.2) is 3.11 Å². The van der Waals surface area contributed by atoms with Crippen LogP contribution >= 0.6 is 22.9 Å². The Hall–Kier alpha value is -0.660. The molecule has 1 aromatic rings. The van der Waals surface area contributed by atoms with E-state index in [1.807, 2.05) is 12.1 Å². The van der Waals surface area contributed by atoms with Crippen molar-refractivity contribution in [1.29, 1.82) is 0 Å². The normalized spacial score (nSPS) is 28.7. The lowest BCUT2D eigenvalue weighted by Crippen LogP contribution is -2.60. The molecule has 2 aliphatic rings. The second-order valence-electron chi connectivity index (χ2n) is 9.72. The Bertz CT molecular complexity index is 645. The molecule has 1 aliphatic carbocycles. The molecule has 0 aromatic heterocycles. The van der Waals surface area contributed by atoms with Crippen molar-refractivity contribution in [2.24, 2.45) is 5.73 Å². The average molecular weight is 483 g/mol. The van der Waals surface area contributed by atoms with Crippen LogP contribution in [0, 0.1) is 0 Å². The van der Waals surface area contributed by atoms with Gasteiger partial charge in [-0.1, -0.05) is 12.1 Å². The summed E-state index contributed by atoms with van der Waals surface area (Å²) in [6.45, 7) is 9.02. The summed E-state index contributed by atoms with van der Waals surface area (Å²) in [6, 6.07) is 8.82. The molecule has 0 atom stereocenters. The fraction of sp³-hybridized carbons (Fsp3) is 0.682. The van der Waals surface area contributed by atoms with E-state index in [-0.39, 0.29) is 23.0 Å². The first-order valence-electron chi connectivity index (χ1n) is 10.2. The van der Waals surface area contributed by atoms with Crippen LogP contribution in [0.3, 0.4) is 0 Å². The number of nitrogens with one attached hydrogen (secondary N) is 1. The van der Waals surface area contributed by atoms with E-state index >= 15 is 0 Å². The molecule has 0 bridgehead atoms. The van der Waals surface area contributed by atoms with E-state index in [0.29, 0.717) is 12.0 Å². The number of rotatable bonds is 3. The zero-order valence-corrected chi connectivity index (χ0v) is 19.3. The lowest BCUT2D eigenvalue weighted by atomic mass is 9.79. The molecular weight excluding hydrogens is 449 g/mol. The van der Waals surface area contributed by atoms with E-state index < -0.39 is 0 Å². The molecule has 1 amide bonds. The smallest absolute Gasteiger partial charge is 0.251 e. The standard InChI is InChI=1S/C22H34IN3O/c1-21(2)13-19(14-22(3,4)26(21)23)25-20(27)17-7-5-15(6-8-17)16-9-11-18(24)12-10-16/h5-8,16,18-19H,9-14,24H2,1-4H3,(H,25,27). The maximum atomic E-state index is 12.8. The molecule has 150 valence electrons. The fourth-order valence-electron chi connectivity index (χ4n) is 4.99. The summed E-state index contributed by atoms with van der Waals surface area (Å²) in [6.07, 6.45) is 6.45. The molecule has 2 fully saturated rings. The molecule has 4 nitrogen and oxygen atoms in total. The lowest BCUT2D eigenvalue weighted by Gasteiger charge is -2.52. The monoisotopic (exact) mass is 483 g/mol. The first-order valence-corrected chi connectivity index (χ1v) is 11.2. The van der Waals surface area contributed by atoms with Crippen LogP contribution < -0.4 is 11.1 Å². The molecule has 5 heteroatoms. The Labute approximate surface area is 178 Å². The summed E-state index contributed by atoms with van der Waals surface area (Å²) in [5.41, 5.74) is 8.25. The Morgan fingerprint density at radius 2 is 1.56 bits per heavy atom. The molecule has 1 aliphatic heterocycles. The van der Waals surface area contributed by atoms with Gasteiger partial charge in [0.25, 0.3) is 5.91 Å². The van der Waals surface area contributed by atoms with Gasteiger partial charge in [0.2, 0.25) is 0 Å². The van der Waals surface area contributed by atoms with Crippen molar-refractivity contribution in [2.75, 3.05) is 0 Å². The van der Waals surface area contributed by atoms with Crippen molar-refractivity contribution in [3.63, 3.8) is 0 Å². The minimum atomic E-state index is 0.0470. The molecule has 27 heavy (non-hydrogen) atoms. The van der Waals surface area contributed by atoms with Crippen LogP contribution in [0.15, 0.2) is 24.3 Å². The third-order valence-electron chi connectivity index (χ3n) is 6.31. The van der Waals surface area contributed by atoms with Gasteiger partial charge in [-0.2, -0.15) is 0 Å². The maximum absolute atomic E-state index is 12.8. The van der Waals surface area contributed by atoms with Crippen LogP contribution in [0.2, 0.25) is 0 Å². The number of carbonyl (C=O) groups is 1. The van der Waals surface area contributed by atoms with Gasteiger partial charge in [0.05, 0.1) is 0 Å². The van der Waals surface area contributed by atoms with Crippen LogP contribution in [0.4, 0.5) is 0 Å². The molecule has 3 rings (SSSR count). The SMILES string of the molecule is CC1(C)CC(NC(=O)c2ccc(C3CCC(N)CC3)cc2)CC(C)(C)N1I. The highest BCUT2D eigenvalue weighted by molar-refractivity contribution is 14.1. The second-order valence-corrected chi connectivity index (χ2v) is 10.7. The molecule has 1 heterocycles. The number of hydrogen-bond donors (Lipinski definition) is 2. The van der Waals surface area contributed by atoms with E-state index in [1.54, 1.807) is 0 Å². The van der Waals surface area contributed by atoms with E-state index in [2.05, 4.69) is 71.1 Å². The van der Waals surface area contributed by atoms with Gasteiger partial charge < -0.3 is 11.1 Å². The van der Waals surface area contributed by atoms with E-state index in [1.165, 1.54) is 5.56 Å². The Morgan fingerprint density at radius 3 is 2.07 bits per heavy atom. The number of nitrogens with two attached hydrogens (primary N) is 1. The lowest BCUT2D eigenvalue weighted by molar-refractivity contribution is 0.0578. The predicted octanol–water partition coefficient (Wildman–Crippen LogP) is 4.77. The first-order chi connectivity index (χ1) is 12.6. The number of halogens is 1. The van der Waals surface area contributed by atoms with Crippen molar-refractivity contribution < 1.29 is 4.79 Å². The van der Waals surface area contributed by atoms with Crippen LogP contribution in [-0.2, 0) is 0 Å². The van der Waals surface area contributed by atoms with Gasteiger partial charge in [0.1, 0.15) is 0 Å². The summed E-state index contributed by atoms with van der Waals surface area (Å²) < 4.78 is 2.41. The molecule has 0 radical (unpaired) electrons. The van der Waals surface area contributed by atoms with Gasteiger partial charge in [-0.15, -0.1) is 0 Å². The number of piperidine rings is 1. The summed E-state index contributed by atoms with van der Waals surface area (Å²) in [7, 11) is 0. The summed E-state index contributed by atoms with van der Waals surface area (Å²) >= 11 is 2.44. The second kappa shape index (κ2) is 7.99. The number of hydrogen-bond acceptors (Lipinski definition) is 3. The van der Waals surface area contributed by atoms with Gasteiger partial charge in [0, 0.05) is 51.6 Å². The van der Waals surface area contributed by atoms with Gasteiger partial charge >= 0.3 is 0 Å². The Morgan fingerprint density at radius 1 is 1.04 bits per heavy atom. The van der Waals surface area contributed by atoms with Crippen molar-refractivity contribution >= 4 is 28.8 Å². The molecule has 1 saturated carbocycles. The first kappa shape index (κ1) is 21.1. The summed E-state index contributed by atoms with van der Waals surface area (Å²) in [4.78, 5) is 12.8. The van der Waals surface area contributed by atoms with Crippen LogP contribution in [0.25, 0.3) is 0 Å². The molecule has 1 aromatic carbocycles. The number of benzene rings is 1. The Kier molecular flexibility index (Phi) is 6.23. The third-order valence-corrected chi connectivity index (χ3v) is 8.92. The minimum absolute atomic E-state index is 0.0470. The molecular formula is C22H34IN3O. The molecule has 0 unspecified atom stereocenters. The largest absolute Gasteiger partial charge is 0.349 e. The van der Waals surface area contributed by atoms with Gasteiger partial charge in [0.15, 0.2) is 0 Å². The fourth-order valence-corrected chi connectivity index (χ4v) is 5.38. The average Bonchev–Trinajstić information content (AvgIpc) is 2.60.